The Morgan fingerprint density at radius 1 is 1.33 bits per heavy atom. The Morgan fingerprint density at radius 2 is 2.06 bits per heavy atom. The van der Waals surface area contributed by atoms with Gasteiger partial charge in [0.05, 0.1) is 11.3 Å². The van der Waals surface area contributed by atoms with Crippen LogP contribution in [-0.4, -0.2) is 24.0 Å². The van der Waals surface area contributed by atoms with Crippen molar-refractivity contribution in [2.45, 2.75) is 26.2 Å². The first-order valence-electron chi connectivity index (χ1n) is 6.28. The maximum atomic E-state index is 12.1. The summed E-state index contributed by atoms with van der Waals surface area (Å²) < 4.78 is 0. The van der Waals surface area contributed by atoms with E-state index in [1.54, 1.807) is 6.07 Å². The van der Waals surface area contributed by atoms with E-state index in [4.69, 9.17) is 5.26 Å². The van der Waals surface area contributed by atoms with Gasteiger partial charge in [-0.25, -0.2) is 4.79 Å². The lowest BCUT2D eigenvalue weighted by Gasteiger charge is -2.27. The van der Waals surface area contributed by atoms with Crippen molar-refractivity contribution in [3.8, 4) is 6.07 Å². The molecule has 0 unspecified atom stereocenters. The van der Waals surface area contributed by atoms with E-state index in [-0.39, 0.29) is 6.03 Å². The molecule has 0 aromatic heterocycles. The molecule has 2 rings (SSSR count). The Balaban J connectivity index is 2.12. The summed E-state index contributed by atoms with van der Waals surface area (Å²) in [7, 11) is 0. The summed E-state index contributed by atoms with van der Waals surface area (Å²) in [4.78, 5) is 13.9. The number of benzene rings is 1. The molecule has 1 heterocycles. The summed E-state index contributed by atoms with van der Waals surface area (Å²) in [5.74, 6) is 0. The Morgan fingerprint density at radius 3 is 2.72 bits per heavy atom. The van der Waals surface area contributed by atoms with E-state index in [9.17, 15) is 4.79 Å². The normalized spacial score (nSPS) is 15.0. The van der Waals surface area contributed by atoms with Crippen molar-refractivity contribution in [3.05, 3.63) is 29.3 Å². The molecule has 1 aliphatic rings. The average Bonchev–Trinajstić information content (AvgIpc) is 2.40. The number of amides is 2. The van der Waals surface area contributed by atoms with Crippen LogP contribution in [0.5, 0.6) is 0 Å². The molecule has 0 bridgehead atoms. The van der Waals surface area contributed by atoms with Gasteiger partial charge in [-0.1, -0.05) is 12.1 Å². The third kappa shape index (κ3) is 2.62. The lowest BCUT2D eigenvalue weighted by Crippen LogP contribution is -2.38. The highest BCUT2D eigenvalue weighted by atomic mass is 16.2. The quantitative estimate of drug-likeness (QED) is 0.824. The highest BCUT2D eigenvalue weighted by molar-refractivity contribution is 5.91. The van der Waals surface area contributed by atoms with Gasteiger partial charge in [0.1, 0.15) is 6.07 Å². The number of likely N-dealkylation sites (tertiary alicyclic amines) is 1. The summed E-state index contributed by atoms with van der Waals surface area (Å²) in [6.45, 7) is 3.48. The van der Waals surface area contributed by atoms with E-state index in [2.05, 4.69) is 11.4 Å². The largest absolute Gasteiger partial charge is 0.325 e. The first kappa shape index (κ1) is 12.4. The molecule has 18 heavy (non-hydrogen) atoms. The second-order valence-corrected chi connectivity index (χ2v) is 4.59. The van der Waals surface area contributed by atoms with E-state index in [1.165, 1.54) is 6.42 Å². The third-order valence-electron chi connectivity index (χ3n) is 3.27. The number of anilines is 1. The van der Waals surface area contributed by atoms with Crippen molar-refractivity contribution in [3.63, 3.8) is 0 Å². The molecule has 4 nitrogen and oxygen atoms in total. The van der Waals surface area contributed by atoms with Crippen LogP contribution < -0.4 is 5.32 Å². The Labute approximate surface area is 107 Å². The topological polar surface area (TPSA) is 56.1 Å². The second-order valence-electron chi connectivity index (χ2n) is 4.59. The van der Waals surface area contributed by atoms with Gasteiger partial charge in [0.2, 0.25) is 0 Å². The molecule has 2 amide bonds. The zero-order valence-electron chi connectivity index (χ0n) is 10.6. The van der Waals surface area contributed by atoms with Crippen LogP contribution >= 0.6 is 0 Å². The van der Waals surface area contributed by atoms with Crippen molar-refractivity contribution in [2.75, 3.05) is 18.4 Å². The van der Waals surface area contributed by atoms with Gasteiger partial charge in [-0.2, -0.15) is 5.26 Å². The fourth-order valence-corrected chi connectivity index (χ4v) is 2.21. The lowest BCUT2D eigenvalue weighted by molar-refractivity contribution is 0.200. The fourth-order valence-electron chi connectivity index (χ4n) is 2.21. The maximum absolute atomic E-state index is 12.1. The van der Waals surface area contributed by atoms with E-state index in [1.807, 2.05) is 24.0 Å². The Kier molecular flexibility index (Phi) is 3.83. The molecular weight excluding hydrogens is 226 g/mol. The SMILES string of the molecule is Cc1cccc(NC(=O)N2CCCCC2)c1C#N. The first-order valence-corrected chi connectivity index (χ1v) is 6.28. The van der Waals surface area contributed by atoms with Crippen LogP contribution in [0.1, 0.15) is 30.4 Å². The molecule has 0 spiro atoms. The van der Waals surface area contributed by atoms with E-state index >= 15 is 0 Å². The van der Waals surface area contributed by atoms with E-state index in [0.29, 0.717) is 11.3 Å². The molecule has 4 heteroatoms. The van der Waals surface area contributed by atoms with Gasteiger partial charge in [0.25, 0.3) is 0 Å². The molecule has 1 aromatic rings. The number of carbonyl (C=O) groups excluding carboxylic acids is 1. The zero-order chi connectivity index (χ0) is 13.0. The summed E-state index contributed by atoms with van der Waals surface area (Å²) in [6.07, 6.45) is 3.32. The molecule has 1 aliphatic heterocycles. The van der Waals surface area contributed by atoms with Crippen LogP contribution in [0.2, 0.25) is 0 Å². The predicted molar refractivity (Wildman–Crippen MR) is 70.3 cm³/mol. The Bertz CT molecular complexity index is 484. The first-order chi connectivity index (χ1) is 8.72. The maximum Gasteiger partial charge on any atom is 0.321 e. The number of nitriles is 1. The minimum absolute atomic E-state index is 0.100. The van der Waals surface area contributed by atoms with E-state index in [0.717, 1.165) is 31.5 Å². The standard InChI is InChI=1S/C14H17N3O/c1-11-6-5-7-13(12(11)10-15)16-14(18)17-8-3-2-4-9-17/h5-7H,2-4,8-9H2,1H3,(H,16,18). The van der Waals surface area contributed by atoms with Gasteiger partial charge >= 0.3 is 6.03 Å². The number of nitrogens with zero attached hydrogens (tertiary/aromatic N) is 2. The van der Waals surface area contributed by atoms with Gasteiger partial charge in [-0.15, -0.1) is 0 Å². The monoisotopic (exact) mass is 243 g/mol. The summed E-state index contributed by atoms with van der Waals surface area (Å²) >= 11 is 0. The van der Waals surface area contributed by atoms with Crippen LogP contribution in [0.4, 0.5) is 10.5 Å². The third-order valence-corrected chi connectivity index (χ3v) is 3.27. The van der Waals surface area contributed by atoms with Crippen LogP contribution in [-0.2, 0) is 0 Å². The number of carbonyl (C=O) groups is 1. The van der Waals surface area contributed by atoms with Crippen LogP contribution in [0.25, 0.3) is 0 Å². The van der Waals surface area contributed by atoms with Gasteiger partial charge in [-0.05, 0) is 37.8 Å². The summed E-state index contributed by atoms with van der Waals surface area (Å²) in [6, 6.07) is 7.53. The van der Waals surface area contributed by atoms with Crippen molar-refractivity contribution in [2.24, 2.45) is 0 Å². The van der Waals surface area contributed by atoms with Gasteiger partial charge < -0.3 is 10.2 Å². The van der Waals surface area contributed by atoms with Crippen LogP contribution in [0, 0.1) is 18.3 Å². The molecule has 0 aliphatic carbocycles. The number of nitrogens with one attached hydrogen (secondary N) is 1. The van der Waals surface area contributed by atoms with Gasteiger partial charge in [0, 0.05) is 13.1 Å². The fraction of sp³-hybridized carbons (Fsp3) is 0.429. The summed E-state index contributed by atoms with van der Waals surface area (Å²) in [5, 5.41) is 11.9. The summed E-state index contributed by atoms with van der Waals surface area (Å²) in [5.41, 5.74) is 2.03. The molecule has 0 atom stereocenters. The molecule has 1 aromatic carbocycles. The van der Waals surface area contributed by atoms with Crippen LogP contribution in [0.3, 0.4) is 0 Å². The van der Waals surface area contributed by atoms with Crippen LogP contribution in [0.15, 0.2) is 18.2 Å². The molecular formula is C14H17N3O. The predicted octanol–water partition coefficient (Wildman–Crippen LogP) is 2.88. The minimum atomic E-state index is -0.100. The van der Waals surface area contributed by atoms with Crippen molar-refractivity contribution in [1.82, 2.24) is 4.90 Å². The number of urea groups is 1. The van der Waals surface area contributed by atoms with Crippen molar-refractivity contribution >= 4 is 11.7 Å². The van der Waals surface area contributed by atoms with Crippen molar-refractivity contribution < 1.29 is 4.79 Å². The molecule has 1 N–H and O–H groups in total. The van der Waals surface area contributed by atoms with Gasteiger partial charge in [0.15, 0.2) is 0 Å². The molecule has 0 saturated carbocycles. The smallest absolute Gasteiger partial charge is 0.321 e. The van der Waals surface area contributed by atoms with Crippen molar-refractivity contribution in [1.29, 1.82) is 5.26 Å². The highest BCUT2D eigenvalue weighted by Crippen LogP contribution is 2.19. The molecule has 0 radical (unpaired) electrons. The Hall–Kier alpha value is -2.02. The highest BCUT2D eigenvalue weighted by Gasteiger charge is 2.17. The number of rotatable bonds is 1. The second kappa shape index (κ2) is 5.54. The molecule has 1 saturated heterocycles. The number of hydrogen-bond acceptors (Lipinski definition) is 2. The molecule has 94 valence electrons. The number of hydrogen-bond donors (Lipinski definition) is 1. The number of piperidine rings is 1. The van der Waals surface area contributed by atoms with Gasteiger partial charge in [-0.3, -0.25) is 0 Å². The van der Waals surface area contributed by atoms with E-state index < -0.39 is 0 Å². The number of aryl methyl sites for hydroxylation is 1. The lowest BCUT2D eigenvalue weighted by atomic mass is 10.1. The minimum Gasteiger partial charge on any atom is -0.325 e. The molecule has 1 fully saturated rings. The zero-order valence-corrected chi connectivity index (χ0v) is 10.6. The average molecular weight is 243 g/mol.